The van der Waals surface area contributed by atoms with E-state index in [2.05, 4.69) is 20.8 Å². The van der Waals surface area contributed by atoms with Crippen molar-refractivity contribution < 1.29 is 9.84 Å². The SMILES string of the molecule is CC(O)COC1(C(C)(C)C)CCCCC1. The zero-order valence-electron chi connectivity index (χ0n) is 10.7. The molecule has 1 fully saturated rings. The van der Waals surface area contributed by atoms with Gasteiger partial charge in [0, 0.05) is 0 Å². The van der Waals surface area contributed by atoms with Gasteiger partial charge in [-0.3, -0.25) is 0 Å². The van der Waals surface area contributed by atoms with Crippen LogP contribution in [0.15, 0.2) is 0 Å². The molecule has 2 nitrogen and oxygen atoms in total. The van der Waals surface area contributed by atoms with Gasteiger partial charge in [-0.2, -0.15) is 0 Å². The second kappa shape index (κ2) is 4.84. The first-order valence-corrected chi connectivity index (χ1v) is 6.19. The van der Waals surface area contributed by atoms with Crippen molar-refractivity contribution in [2.75, 3.05) is 6.61 Å². The molecule has 1 N–H and O–H groups in total. The normalized spacial score (nSPS) is 23.8. The van der Waals surface area contributed by atoms with Crippen molar-refractivity contribution in [3.8, 4) is 0 Å². The highest BCUT2D eigenvalue weighted by Crippen LogP contribution is 2.44. The van der Waals surface area contributed by atoms with Crippen LogP contribution in [0.2, 0.25) is 0 Å². The topological polar surface area (TPSA) is 29.5 Å². The van der Waals surface area contributed by atoms with E-state index in [9.17, 15) is 5.11 Å². The first-order chi connectivity index (χ1) is 6.87. The van der Waals surface area contributed by atoms with Gasteiger partial charge in [-0.25, -0.2) is 0 Å². The average molecular weight is 214 g/mol. The molecular formula is C13H26O2. The maximum absolute atomic E-state index is 9.34. The van der Waals surface area contributed by atoms with Gasteiger partial charge in [-0.1, -0.05) is 40.0 Å². The minimum absolute atomic E-state index is 0.0117. The van der Waals surface area contributed by atoms with Crippen LogP contribution in [-0.2, 0) is 4.74 Å². The molecular weight excluding hydrogens is 188 g/mol. The van der Waals surface area contributed by atoms with Crippen LogP contribution in [0.4, 0.5) is 0 Å². The third-order valence-corrected chi connectivity index (χ3v) is 3.63. The monoisotopic (exact) mass is 214 g/mol. The van der Waals surface area contributed by atoms with Gasteiger partial charge in [-0.05, 0) is 25.2 Å². The van der Waals surface area contributed by atoms with Gasteiger partial charge in [0.2, 0.25) is 0 Å². The summed E-state index contributed by atoms with van der Waals surface area (Å²) in [5, 5.41) is 9.34. The maximum Gasteiger partial charge on any atom is 0.0745 e. The Morgan fingerprint density at radius 1 is 1.20 bits per heavy atom. The zero-order chi connectivity index (χ0) is 11.5. The largest absolute Gasteiger partial charge is 0.391 e. The zero-order valence-corrected chi connectivity index (χ0v) is 10.7. The molecule has 0 radical (unpaired) electrons. The molecule has 0 aromatic carbocycles. The summed E-state index contributed by atoms with van der Waals surface area (Å²) in [4.78, 5) is 0. The van der Waals surface area contributed by atoms with E-state index in [1.54, 1.807) is 6.92 Å². The second-order valence-electron chi connectivity index (χ2n) is 5.96. The van der Waals surface area contributed by atoms with Crippen molar-refractivity contribution in [3.05, 3.63) is 0 Å². The van der Waals surface area contributed by atoms with Crippen molar-refractivity contribution in [3.63, 3.8) is 0 Å². The van der Waals surface area contributed by atoms with E-state index < -0.39 is 0 Å². The highest BCUT2D eigenvalue weighted by Gasteiger charge is 2.43. The fourth-order valence-electron chi connectivity index (χ4n) is 2.51. The maximum atomic E-state index is 9.34. The van der Waals surface area contributed by atoms with E-state index in [-0.39, 0.29) is 17.1 Å². The fourth-order valence-corrected chi connectivity index (χ4v) is 2.51. The molecule has 0 aromatic rings. The lowest BCUT2D eigenvalue weighted by molar-refractivity contribution is -0.153. The standard InChI is InChI=1S/C13H26O2/c1-11(14)10-15-13(12(2,3)4)8-6-5-7-9-13/h11,14H,5-10H2,1-4H3. The Hall–Kier alpha value is -0.0800. The third kappa shape index (κ3) is 3.18. The van der Waals surface area contributed by atoms with E-state index in [1.807, 2.05) is 0 Å². The summed E-state index contributed by atoms with van der Waals surface area (Å²) in [7, 11) is 0. The van der Waals surface area contributed by atoms with Crippen LogP contribution >= 0.6 is 0 Å². The second-order valence-corrected chi connectivity index (χ2v) is 5.96. The Bertz CT molecular complexity index is 185. The summed E-state index contributed by atoms with van der Waals surface area (Å²) in [6, 6.07) is 0. The van der Waals surface area contributed by atoms with Crippen LogP contribution in [0, 0.1) is 5.41 Å². The fraction of sp³-hybridized carbons (Fsp3) is 1.00. The van der Waals surface area contributed by atoms with E-state index in [1.165, 1.54) is 19.3 Å². The summed E-state index contributed by atoms with van der Waals surface area (Å²) in [5.41, 5.74) is 0.157. The number of aliphatic hydroxyl groups excluding tert-OH is 1. The molecule has 1 aliphatic carbocycles. The van der Waals surface area contributed by atoms with Gasteiger partial charge < -0.3 is 9.84 Å². The smallest absolute Gasteiger partial charge is 0.0745 e. The number of hydrogen-bond acceptors (Lipinski definition) is 2. The predicted octanol–water partition coefficient (Wildman–Crippen LogP) is 3.13. The lowest BCUT2D eigenvalue weighted by atomic mass is 9.68. The highest BCUT2D eigenvalue weighted by atomic mass is 16.5. The molecule has 0 aromatic heterocycles. The number of ether oxygens (including phenoxy) is 1. The lowest BCUT2D eigenvalue weighted by Crippen LogP contribution is -2.48. The van der Waals surface area contributed by atoms with E-state index in [0.29, 0.717) is 6.61 Å². The number of rotatable bonds is 3. The summed E-state index contributed by atoms with van der Waals surface area (Å²) in [6.45, 7) is 9.01. The van der Waals surface area contributed by atoms with E-state index in [4.69, 9.17) is 4.74 Å². The Kier molecular flexibility index (Phi) is 4.19. The molecule has 1 rings (SSSR count). The van der Waals surface area contributed by atoms with E-state index in [0.717, 1.165) is 12.8 Å². The molecule has 0 spiro atoms. The Morgan fingerprint density at radius 2 is 1.73 bits per heavy atom. The molecule has 1 aliphatic rings. The molecule has 0 bridgehead atoms. The Morgan fingerprint density at radius 3 is 2.13 bits per heavy atom. The predicted molar refractivity (Wildman–Crippen MR) is 62.9 cm³/mol. The summed E-state index contributed by atoms with van der Waals surface area (Å²) < 4.78 is 6.05. The molecule has 1 saturated carbocycles. The molecule has 15 heavy (non-hydrogen) atoms. The minimum atomic E-state index is -0.355. The summed E-state index contributed by atoms with van der Waals surface area (Å²) in [6.07, 6.45) is 5.78. The molecule has 0 saturated heterocycles. The Labute approximate surface area is 94.0 Å². The molecule has 0 heterocycles. The number of aliphatic hydroxyl groups is 1. The molecule has 1 unspecified atom stereocenters. The molecule has 0 amide bonds. The van der Waals surface area contributed by atoms with Crippen LogP contribution in [0.25, 0.3) is 0 Å². The van der Waals surface area contributed by atoms with Crippen LogP contribution in [0.5, 0.6) is 0 Å². The number of hydrogen-bond donors (Lipinski definition) is 1. The summed E-state index contributed by atoms with van der Waals surface area (Å²) in [5.74, 6) is 0. The third-order valence-electron chi connectivity index (χ3n) is 3.63. The lowest BCUT2D eigenvalue weighted by Gasteiger charge is -2.47. The highest BCUT2D eigenvalue weighted by molar-refractivity contribution is 4.94. The van der Waals surface area contributed by atoms with Crippen molar-refractivity contribution >= 4 is 0 Å². The first-order valence-electron chi connectivity index (χ1n) is 6.19. The van der Waals surface area contributed by atoms with Crippen molar-refractivity contribution in [2.45, 2.75) is 71.5 Å². The van der Waals surface area contributed by atoms with Crippen molar-refractivity contribution in [1.29, 1.82) is 0 Å². The minimum Gasteiger partial charge on any atom is -0.391 e. The van der Waals surface area contributed by atoms with Gasteiger partial charge >= 0.3 is 0 Å². The van der Waals surface area contributed by atoms with Gasteiger partial charge in [-0.15, -0.1) is 0 Å². The quantitative estimate of drug-likeness (QED) is 0.782. The van der Waals surface area contributed by atoms with Crippen LogP contribution in [0.1, 0.15) is 59.8 Å². The van der Waals surface area contributed by atoms with Crippen LogP contribution in [-0.4, -0.2) is 23.4 Å². The van der Waals surface area contributed by atoms with Gasteiger partial charge in [0.1, 0.15) is 0 Å². The molecule has 1 atom stereocenters. The molecule has 90 valence electrons. The molecule has 0 aliphatic heterocycles. The van der Waals surface area contributed by atoms with Gasteiger partial charge in [0.25, 0.3) is 0 Å². The Balaban J connectivity index is 2.67. The van der Waals surface area contributed by atoms with Crippen LogP contribution in [0.3, 0.4) is 0 Å². The van der Waals surface area contributed by atoms with Gasteiger partial charge in [0.05, 0.1) is 18.3 Å². The summed E-state index contributed by atoms with van der Waals surface area (Å²) >= 11 is 0. The molecule has 2 heteroatoms. The van der Waals surface area contributed by atoms with E-state index >= 15 is 0 Å². The van der Waals surface area contributed by atoms with Crippen molar-refractivity contribution in [1.82, 2.24) is 0 Å². The van der Waals surface area contributed by atoms with Gasteiger partial charge in [0.15, 0.2) is 0 Å². The van der Waals surface area contributed by atoms with Crippen LogP contribution < -0.4 is 0 Å². The average Bonchev–Trinajstić information content (AvgIpc) is 2.14. The first kappa shape index (κ1) is 13.0. The van der Waals surface area contributed by atoms with Crippen molar-refractivity contribution in [2.24, 2.45) is 5.41 Å².